The van der Waals surface area contributed by atoms with E-state index in [-0.39, 0.29) is 29.2 Å². The van der Waals surface area contributed by atoms with Crippen LogP contribution in [0.15, 0.2) is 22.4 Å². The molecule has 0 unspecified atom stereocenters. The van der Waals surface area contributed by atoms with E-state index in [9.17, 15) is 14.7 Å². The fourth-order valence-corrected chi connectivity index (χ4v) is 5.66. The molecule has 0 radical (unpaired) electrons. The Morgan fingerprint density at radius 1 is 1.25 bits per heavy atom. The molecular weight excluding hydrogens is 372 g/mol. The van der Waals surface area contributed by atoms with Crippen LogP contribution in [0.1, 0.15) is 76.5 Å². The summed E-state index contributed by atoms with van der Waals surface area (Å²) in [5.41, 5.74) is 3.34. The van der Waals surface area contributed by atoms with E-state index in [2.05, 4.69) is 10.7 Å². The van der Waals surface area contributed by atoms with Crippen LogP contribution in [0.3, 0.4) is 0 Å². The van der Waals surface area contributed by atoms with Gasteiger partial charge < -0.3 is 15.0 Å². The van der Waals surface area contributed by atoms with Gasteiger partial charge in [0.25, 0.3) is 11.5 Å². The van der Waals surface area contributed by atoms with Gasteiger partial charge >= 0.3 is 0 Å². The van der Waals surface area contributed by atoms with Crippen molar-refractivity contribution in [3.63, 3.8) is 0 Å². The molecule has 2 aliphatic carbocycles. The van der Waals surface area contributed by atoms with Crippen molar-refractivity contribution in [3.8, 4) is 0 Å². The minimum absolute atomic E-state index is 0.0620. The van der Waals surface area contributed by atoms with Gasteiger partial charge in [-0.2, -0.15) is 0 Å². The number of hydrogen-bond donors (Lipinski definition) is 2. The molecule has 2 aliphatic rings. The number of aliphatic hydroxyl groups is 1. The summed E-state index contributed by atoms with van der Waals surface area (Å²) < 4.78 is 1.69. The van der Waals surface area contributed by atoms with Gasteiger partial charge in [-0.15, -0.1) is 11.3 Å². The van der Waals surface area contributed by atoms with Crippen molar-refractivity contribution in [1.82, 2.24) is 9.88 Å². The summed E-state index contributed by atoms with van der Waals surface area (Å²) in [4.78, 5) is 27.4. The van der Waals surface area contributed by atoms with Crippen LogP contribution >= 0.6 is 11.3 Å². The monoisotopic (exact) mass is 400 g/mol. The number of rotatable bonds is 4. The summed E-state index contributed by atoms with van der Waals surface area (Å²) in [5, 5.41) is 14.9. The topological polar surface area (TPSA) is 71.3 Å². The van der Waals surface area contributed by atoms with Crippen LogP contribution in [-0.2, 0) is 19.4 Å². The lowest BCUT2D eigenvalue weighted by Gasteiger charge is -2.27. The number of amides is 1. The smallest absolute Gasteiger partial charge is 0.263 e. The number of hydrogen-bond acceptors (Lipinski definition) is 4. The first-order valence-corrected chi connectivity index (χ1v) is 11.2. The molecule has 0 spiro atoms. The fraction of sp³-hybridized carbons (Fsp3) is 0.545. The second-order valence-electron chi connectivity index (χ2n) is 8.10. The first-order chi connectivity index (χ1) is 13.5. The highest BCUT2D eigenvalue weighted by molar-refractivity contribution is 7.10. The molecule has 2 aromatic rings. The molecular formula is C22H28N2O3S. The zero-order valence-electron chi connectivity index (χ0n) is 16.4. The van der Waals surface area contributed by atoms with Crippen molar-refractivity contribution in [2.45, 2.75) is 77.0 Å². The van der Waals surface area contributed by atoms with Crippen LogP contribution in [-0.4, -0.2) is 21.7 Å². The molecule has 0 aromatic carbocycles. The van der Waals surface area contributed by atoms with Gasteiger partial charge in [-0.1, -0.05) is 0 Å². The molecule has 0 aliphatic heterocycles. The Bertz CT molecular complexity index is 922. The molecule has 28 heavy (non-hydrogen) atoms. The SMILES string of the molecule is Cc1ccn(C2CCC(O)CC2)c(=O)c1C(=O)NCc1csc2c1CCCC2. The third-order valence-corrected chi connectivity index (χ3v) is 7.34. The molecule has 2 N–H and O–H groups in total. The third-order valence-electron chi connectivity index (χ3n) is 6.20. The normalized spacial score (nSPS) is 21.9. The predicted molar refractivity (Wildman–Crippen MR) is 111 cm³/mol. The Morgan fingerprint density at radius 2 is 2.00 bits per heavy atom. The van der Waals surface area contributed by atoms with E-state index in [0.29, 0.717) is 24.9 Å². The number of nitrogens with zero attached hydrogens (tertiary/aromatic N) is 1. The molecule has 0 saturated heterocycles. The summed E-state index contributed by atoms with van der Waals surface area (Å²) >= 11 is 1.79. The van der Waals surface area contributed by atoms with Gasteiger partial charge in [-0.05, 0) is 86.4 Å². The number of pyridine rings is 1. The van der Waals surface area contributed by atoms with Gasteiger partial charge in [0, 0.05) is 23.7 Å². The molecule has 0 atom stereocenters. The third kappa shape index (κ3) is 3.80. The van der Waals surface area contributed by atoms with Crippen molar-refractivity contribution < 1.29 is 9.90 Å². The maximum absolute atomic E-state index is 13.0. The largest absolute Gasteiger partial charge is 0.393 e. The average Bonchev–Trinajstić information content (AvgIpc) is 3.11. The number of thiophene rings is 1. The quantitative estimate of drug-likeness (QED) is 0.825. The molecule has 1 amide bonds. The Kier molecular flexibility index (Phi) is 5.69. The summed E-state index contributed by atoms with van der Waals surface area (Å²) in [6.45, 7) is 2.30. The van der Waals surface area contributed by atoms with Crippen LogP contribution in [0.25, 0.3) is 0 Å². The Balaban J connectivity index is 1.51. The first-order valence-electron chi connectivity index (χ1n) is 10.3. The first kappa shape index (κ1) is 19.4. The molecule has 0 bridgehead atoms. The van der Waals surface area contributed by atoms with Gasteiger partial charge in [-0.3, -0.25) is 9.59 Å². The number of aryl methyl sites for hydroxylation is 2. The standard InChI is InChI=1S/C22H28N2O3S/c1-14-10-11-24(16-6-8-17(25)9-7-16)22(27)20(14)21(26)23-12-15-13-28-19-5-3-2-4-18(15)19/h10-11,13,16-17,25H,2-9,12H2,1H3,(H,23,26). The lowest BCUT2D eigenvalue weighted by atomic mass is 9.92. The van der Waals surface area contributed by atoms with E-state index in [1.54, 1.807) is 22.1 Å². The van der Waals surface area contributed by atoms with Crippen LogP contribution in [0.2, 0.25) is 0 Å². The maximum atomic E-state index is 13.0. The molecule has 4 rings (SSSR count). The lowest BCUT2D eigenvalue weighted by Crippen LogP contribution is -2.36. The highest BCUT2D eigenvalue weighted by Crippen LogP contribution is 2.30. The number of carbonyl (C=O) groups excluding carboxylic acids is 1. The maximum Gasteiger partial charge on any atom is 0.263 e. The number of aromatic nitrogens is 1. The van der Waals surface area contributed by atoms with Gasteiger partial charge in [0.1, 0.15) is 5.56 Å². The van der Waals surface area contributed by atoms with Crippen molar-refractivity contribution >= 4 is 17.2 Å². The summed E-state index contributed by atoms with van der Waals surface area (Å²) in [6, 6.07) is 1.92. The number of aliphatic hydroxyl groups excluding tert-OH is 1. The fourth-order valence-electron chi connectivity index (χ4n) is 4.51. The van der Waals surface area contributed by atoms with Crippen LogP contribution < -0.4 is 10.9 Å². The average molecular weight is 401 g/mol. The zero-order valence-corrected chi connectivity index (χ0v) is 17.2. The number of carbonyl (C=O) groups is 1. The van der Waals surface area contributed by atoms with Gasteiger partial charge in [0.05, 0.1) is 6.10 Å². The molecule has 2 heterocycles. The highest BCUT2D eigenvalue weighted by atomic mass is 32.1. The number of fused-ring (bicyclic) bond motifs is 1. The predicted octanol–water partition coefficient (Wildman–Crippen LogP) is 3.50. The van der Waals surface area contributed by atoms with E-state index >= 15 is 0 Å². The Labute approximate surface area is 169 Å². The van der Waals surface area contributed by atoms with Crippen LogP contribution in [0.4, 0.5) is 0 Å². The van der Waals surface area contributed by atoms with E-state index in [1.165, 1.54) is 28.8 Å². The molecule has 150 valence electrons. The Morgan fingerprint density at radius 3 is 2.79 bits per heavy atom. The zero-order chi connectivity index (χ0) is 19.7. The summed E-state index contributed by atoms with van der Waals surface area (Å²) in [6.07, 6.45) is 9.18. The van der Waals surface area contributed by atoms with Gasteiger partial charge in [0.15, 0.2) is 0 Å². The van der Waals surface area contributed by atoms with E-state index in [4.69, 9.17) is 0 Å². The van der Waals surface area contributed by atoms with Gasteiger partial charge in [0.2, 0.25) is 0 Å². The minimum Gasteiger partial charge on any atom is -0.393 e. The van der Waals surface area contributed by atoms with E-state index in [0.717, 1.165) is 25.7 Å². The molecule has 5 nitrogen and oxygen atoms in total. The second-order valence-corrected chi connectivity index (χ2v) is 9.07. The van der Waals surface area contributed by atoms with E-state index in [1.807, 2.05) is 13.0 Å². The lowest BCUT2D eigenvalue weighted by molar-refractivity contribution is 0.0944. The molecule has 2 aromatic heterocycles. The molecule has 1 fully saturated rings. The van der Waals surface area contributed by atoms with Crippen molar-refractivity contribution in [2.24, 2.45) is 0 Å². The van der Waals surface area contributed by atoms with E-state index < -0.39 is 0 Å². The molecule has 1 saturated carbocycles. The highest BCUT2D eigenvalue weighted by Gasteiger charge is 2.24. The second kappa shape index (κ2) is 8.21. The van der Waals surface area contributed by atoms with Crippen molar-refractivity contribution in [3.05, 3.63) is 55.1 Å². The van der Waals surface area contributed by atoms with Gasteiger partial charge in [-0.25, -0.2) is 0 Å². The van der Waals surface area contributed by atoms with Crippen LogP contribution in [0.5, 0.6) is 0 Å². The number of nitrogens with one attached hydrogen (secondary N) is 1. The minimum atomic E-state index is -0.288. The summed E-state index contributed by atoms with van der Waals surface area (Å²) in [7, 11) is 0. The van der Waals surface area contributed by atoms with Crippen molar-refractivity contribution in [2.75, 3.05) is 0 Å². The Hall–Kier alpha value is -1.92. The van der Waals surface area contributed by atoms with Crippen molar-refractivity contribution in [1.29, 1.82) is 0 Å². The summed E-state index contributed by atoms with van der Waals surface area (Å²) in [5.74, 6) is -0.288. The molecule has 6 heteroatoms. The van der Waals surface area contributed by atoms with Crippen LogP contribution in [0, 0.1) is 6.92 Å².